The normalized spacial score (nSPS) is 10.4. The van der Waals surface area contributed by atoms with E-state index in [-0.39, 0.29) is 11.2 Å². The maximum Gasteiger partial charge on any atom is 0.186 e. The number of rotatable bonds is 3. The van der Waals surface area contributed by atoms with Gasteiger partial charge in [0.2, 0.25) is 0 Å². The first-order chi connectivity index (χ1) is 7.65. The first-order valence-corrected chi connectivity index (χ1v) is 5.42. The fourth-order valence-electron chi connectivity index (χ4n) is 1.17. The molecular weight excluding hydrogens is 238 g/mol. The van der Waals surface area contributed by atoms with E-state index in [4.69, 9.17) is 12.2 Å². The molecule has 0 aromatic heterocycles. The van der Waals surface area contributed by atoms with E-state index in [0.29, 0.717) is 16.4 Å². The van der Waals surface area contributed by atoms with Gasteiger partial charge in [0.1, 0.15) is 5.75 Å². The lowest BCUT2D eigenvalue weighted by Gasteiger charge is -2.06. The molecule has 0 aliphatic rings. The lowest BCUT2D eigenvalue weighted by molar-refractivity contribution is 0.474. The molecule has 6 heteroatoms. The minimum Gasteiger partial charge on any atom is -0.507 e. The molecule has 0 spiro atoms. The Bertz CT molecular complexity index is 407. The van der Waals surface area contributed by atoms with Gasteiger partial charge < -0.3 is 15.9 Å². The van der Waals surface area contributed by atoms with Crippen LogP contribution in [0.15, 0.2) is 29.4 Å². The van der Waals surface area contributed by atoms with Gasteiger partial charge in [0.25, 0.3) is 0 Å². The Labute approximate surface area is 106 Å². The molecule has 1 rings (SSSR count). The average molecular weight is 255 g/mol. The van der Waals surface area contributed by atoms with Crippen LogP contribution in [0.5, 0.6) is 5.75 Å². The van der Waals surface area contributed by atoms with E-state index in [0.717, 1.165) is 6.54 Å². The topological polar surface area (TPSA) is 88.2 Å². The molecule has 0 aliphatic heterocycles. The molecule has 5 N–H and O–H groups in total. The molecule has 0 saturated heterocycles. The molecule has 94 valence electrons. The predicted molar refractivity (Wildman–Crippen MR) is 73.3 cm³/mol. The molecule has 0 aliphatic carbocycles. The van der Waals surface area contributed by atoms with Gasteiger partial charge in [-0.25, -0.2) is 0 Å². The SMILES string of the molecule is CCNC(=S)N/N=C(\C)c1ccccc1O.O. The second kappa shape index (κ2) is 7.59. The highest BCUT2D eigenvalue weighted by atomic mass is 32.1. The lowest BCUT2D eigenvalue weighted by atomic mass is 10.1. The van der Waals surface area contributed by atoms with Crippen molar-refractivity contribution in [2.45, 2.75) is 13.8 Å². The van der Waals surface area contributed by atoms with E-state index in [2.05, 4.69) is 15.8 Å². The van der Waals surface area contributed by atoms with Crippen molar-refractivity contribution >= 4 is 23.0 Å². The highest BCUT2D eigenvalue weighted by Gasteiger charge is 2.02. The predicted octanol–water partition coefficient (Wildman–Crippen LogP) is 0.775. The molecular formula is C11H17N3O2S. The molecule has 0 fully saturated rings. The van der Waals surface area contributed by atoms with Crippen LogP contribution in [-0.2, 0) is 0 Å². The Morgan fingerprint density at radius 2 is 2.06 bits per heavy atom. The summed E-state index contributed by atoms with van der Waals surface area (Å²) in [5, 5.41) is 17.1. The van der Waals surface area contributed by atoms with Crippen molar-refractivity contribution in [1.82, 2.24) is 10.7 Å². The summed E-state index contributed by atoms with van der Waals surface area (Å²) in [6.07, 6.45) is 0. The summed E-state index contributed by atoms with van der Waals surface area (Å²) in [7, 11) is 0. The summed E-state index contributed by atoms with van der Waals surface area (Å²) in [6.45, 7) is 4.50. The number of aromatic hydroxyl groups is 1. The van der Waals surface area contributed by atoms with Crippen molar-refractivity contribution < 1.29 is 10.6 Å². The third kappa shape index (κ3) is 4.80. The Kier molecular flexibility index (Phi) is 6.85. The van der Waals surface area contributed by atoms with Crippen LogP contribution in [-0.4, -0.2) is 28.0 Å². The number of benzene rings is 1. The first-order valence-electron chi connectivity index (χ1n) is 5.01. The third-order valence-corrected chi connectivity index (χ3v) is 2.19. The number of nitrogens with zero attached hydrogens (tertiary/aromatic N) is 1. The number of hydrazone groups is 1. The summed E-state index contributed by atoms with van der Waals surface area (Å²) in [5.41, 5.74) is 4.07. The van der Waals surface area contributed by atoms with E-state index in [1.807, 2.05) is 13.0 Å². The second-order valence-corrected chi connectivity index (χ2v) is 3.59. The zero-order valence-electron chi connectivity index (χ0n) is 9.82. The van der Waals surface area contributed by atoms with Gasteiger partial charge in [0.05, 0.1) is 5.71 Å². The molecule has 0 atom stereocenters. The molecule has 5 nitrogen and oxygen atoms in total. The van der Waals surface area contributed by atoms with Crippen LogP contribution in [0.3, 0.4) is 0 Å². The van der Waals surface area contributed by atoms with Crippen molar-refractivity contribution in [3.05, 3.63) is 29.8 Å². The fraction of sp³-hybridized carbons (Fsp3) is 0.273. The average Bonchev–Trinajstić information content (AvgIpc) is 2.27. The van der Waals surface area contributed by atoms with Crippen LogP contribution >= 0.6 is 12.2 Å². The van der Waals surface area contributed by atoms with E-state index < -0.39 is 0 Å². The highest BCUT2D eigenvalue weighted by molar-refractivity contribution is 7.80. The van der Waals surface area contributed by atoms with Crippen molar-refractivity contribution in [3.63, 3.8) is 0 Å². The van der Waals surface area contributed by atoms with E-state index in [1.165, 1.54) is 0 Å². The maximum atomic E-state index is 9.59. The van der Waals surface area contributed by atoms with Crippen LogP contribution in [0.25, 0.3) is 0 Å². The second-order valence-electron chi connectivity index (χ2n) is 3.19. The van der Waals surface area contributed by atoms with Gasteiger partial charge >= 0.3 is 0 Å². The Balaban J connectivity index is 0.00000256. The maximum absolute atomic E-state index is 9.59. The van der Waals surface area contributed by atoms with Crippen LogP contribution < -0.4 is 10.7 Å². The molecule has 0 heterocycles. The van der Waals surface area contributed by atoms with Gasteiger partial charge in [0, 0.05) is 12.1 Å². The van der Waals surface area contributed by atoms with Gasteiger partial charge in [-0.05, 0) is 38.2 Å². The lowest BCUT2D eigenvalue weighted by Crippen LogP contribution is -2.32. The van der Waals surface area contributed by atoms with Crippen LogP contribution in [0.2, 0.25) is 0 Å². The summed E-state index contributed by atoms with van der Waals surface area (Å²) >= 11 is 4.96. The minimum atomic E-state index is 0. The van der Waals surface area contributed by atoms with E-state index in [9.17, 15) is 5.11 Å². The molecule has 17 heavy (non-hydrogen) atoms. The van der Waals surface area contributed by atoms with Gasteiger partial charge in [-0.3, -0.25) is 5.43 Å². The molecule has 0 saturated carbocycles. The Morgan fingerprint density at radius 3 is 2.65 bits per heavy atom. The first kappa shape index (κ1) is 15.3. The molecule has 1 aromatic rings. The van der Waals surface area contributed by atoms with Crippen LogP contribution in [0.1, 0.15) is 19.4 Å². The van der Waals surface area contributed by atoms with Gasteiger partial charge in [-0.15, -0.1) is 0 Å². The molecule has 0 unspecified atom stereocenters. The summed E-state index contributed by atoms with van der Waals surface area (Å²) in [5.74, 6) is 0.208. The van der Waals surface area contributed by atoms with Crippen LogP contribution in [0.4, 0.5) is 0 Å². The quantitative estimate of drug-likeness (QED) is 0.423. The number of para-hydroxylation sites is 1. The van der Waals surface area contributed by atoms with E-state index in [1.54, 1.807) is 25.1 Å². The minimum absolute atomic E-state index is 0. The zero-order valence-corrected chi connectivity index (χ0v) is 10.6. The smallest absolute Gasteiger partial charge is 0.186 e. The molecule has 1 aromatic carbocycles. The number of phenols is 1. The largest absolute Gasteiger partial charge is 0.507 e. The molecule has 0 amide bonds. The summed E-state index contributed by atoms with van der Waals surface area (Å²) < 4.78 is 0. The fourth-order valence-corrected chi connectivity index (χ4v) is 1.36. The molecule has 0 radical (unpaired) electrons. The van der Waals surface area contributed by atoms with E-state index >= 15 is 0 Å². The number of thiocarbonyl (C=S) groups is 1. The standard InChI is InChI=1S/C11H15N3OS.H2O/c1-3-12-11(16)14-13-8(2)9-6-4-5-7-10(9)15;/h4-7,15H,3H2,1-2H3,(H2,12,14,16);1H2/b13-8+;. The number of hydrogen-bond donors (Lipinski definition) is 3. The number of phenolic OH excluding ortho intramolecular Hbond substituents is 1. The number of hydrogen-bond acceptors (Lipinski definition) is 3. The van der Waals surface area contributed by atoms with Crippen molar-refractivity contribution in [2.75, 3.05) is 6.54 Å². The monoisotopic (exact) mass is 255 g/mol. The highest BCUT2D eigenvalue weighted by Crippen LogP contribution is 2.15. The third-order valence-electron chi connectivity index (χ3n) is 1.96. The van der Waals surface area contributed by atoms with Crippen molar-refractivity contribution in [1.29, 1.82) is 0 Å². The van der Waals surface area contributed by atoms with Crippen molar-refractivity contribution in [2.24, 2.45) is 5.10 Å². The Hall–Kier alpha value is -1.66. The summed E-state index contributed by atoms with van der Waals surface area (Å²) in [4.78, 5) is 0. The van der Waals surface area contributed by atoms with Gasteiger partial charge in [-0.2, -0.15) is 5.10 Å². The summed E-state index contributed by atoms with van der Waals surface area (Å²) in [6, 6.07) is 7.03. The zero-order chi connectivity index (χ0) is 12.0. The van der Waals surface area contributed by atoms with Crippen molar-refractivity contribution in [3.8, 4) is 5.75 Å². The number of nitrogens with one attached hydrogen (secondary N) is 2. The van der Waals surface area contributed by atoms with Gasteiger partial charge in [-0.1, -0.05) is 12.1 Å². The Morgan fingerprint density at radius 1 is 1.41 bits per heavy atom. The van der Waals surface area contributed by atoms with Crippen LogP contribution in [0, 0.1) is 0 Å². The molecule has 0 bridgehead atoms. The van der Waals surface area contributed by atoms with Gasteiger partial charge in [0.15, 0.2) is 5.11 Å².